The van der Waals surface area contributed by atoms with E-state index in [2.05, 4.69) is 5.32 Å². The average Bonchev–Trinajstić information content (AvgIpc) is 3.04. The summed E-state index contributed by atoms with van der Waals surface area (Å²) in [5.41, 5.74) is 3.28. The number of carbonyl (C=O) groups excluding carboxylic acids is 2. The Balaban J connectivity index is 1.89. The van der Waals surface area contributed by atoms with Crippen molar-refractivity contribution in [2.75, 3.05) is 24.4 Å². The van der Waals surface area contributed by atoms with Crippen LogP contribution in [0.2, 0.25) is 0 Å². The molecule has 3 aromatic carbocycles. The van der Waals surface area contributed by atoms with Gasteiger partial charge in [-0.3, -0.25) is 9.59 Å². The molecule has 1 aliphatic heterocycles. The number of amides is 2. The molecule has 0 bridgehead atoms. The van der Waals surface area contributed by atoms with Gasteiger partial charge in [-0.1, -0.05) is 24.3 Å². The zero-order valence-electron chi connectivity index (χ0n) is 18.7. The Labute approximate surface area is 191 Å². The zero-order valence-corrected chi connectivity index (χ0v) is 18.7. The summed E-state index contributed by atoms with van der Waals surface area (Å²) in [5, 5.41) is 3.10. The first-order valence-corrected chi connectivity index (χ1v) is 10.3. The molecule has 0 saturated heterocycles. The number of hydrogen-bond donors (Lipinski definition) is 1. The molecular weight excluding hydrogens is 423 g/mol. The monoisotopic (exact) mass is 446 g/mol. The van der Waals surface area contributed by atoms with Crippen molar-refractivity contribution in [2.45, 2.75) is 13.8 Å². The number of benzene rings is 3. The van der Waals surface area contributed by atoms with Crippen LogP contribution >= 0.6 is 0 Å². The molecule has 2 amide bonds. The van der Waals surface area contributed by atoms with E-state index in [0.29, 0.717) is 28.4 Å². The van der Waals surface area contributed by atoms with Crippen LogP contribution in [0.1, 0.15) is 16.7 Å². The van der Waals surface area contributed by atoms with E-state index in [-0.39, 0.29) is 11.3 Å². The molecule has 0 aromatic heterocycles. The number of methoxy groups -OCH3 is 2. The van der Waals surface area contributed by atoms with Crippen LogP contribution in [-0.2, 0) is 9.59 Å². The van der Waals surface area contributed by atoms with Gasteiger partial charge in [0, 0.05) is 0 Å². The molecule has 0 aliphatic carbocycles. The molecule has 0 atom stereocenters. The van der Waals surface area contributed by atoms with Gasteiger partial charge in [0.15, 0.2) is 0 Å². The van der Waals surface area contributed by atoms with Crippen LogP contribution in [0, 0.1) is 19.7 Å². The largest absolute Gasteiger partial charge is 0.495 e. The van der Waals surface area contributed by atoms with Gasteiger partial charge in [-0.25, -0.2) is 9.29 Å². The molecule has 0 unspecified atom stereocenters. The third kappa shape index (κ3) is 4.05. The Morgan fingerprint density at radius 2 is 1.39 bits per heavy atom. The summed E-state index contributed by atoms with van der Waals surface area (Å²) >= 11 is 0. The highest BCUT2D eigenvalue weighted by atomic mass is 19.1. The minimum absolute atomic E-state index is 0.0686. The first-order valence-electron chi connectivity index (χ1n) is 10.3. The number of carbonyl (C=O) groups is 2. The van der Waals surface area contributed by atoms with Gasteiger partial charge in [0.25, 0.3) is 11.8 Å². The van der Waals surface area contributed by atoms with Crippen molar-refractivity contribution < 1.29 is 23.5 Å². The van der Waals surface area contributed by atoms with Crippen molar-refractivity contribution in [3.8, 4) is 11.5 Å². The standard InChI is InChI=1S/C26H23FN2O4/c1-15-5-11-21(32-3)19(13-15)28-24-23(17-7-9-18(27)10-8-17)25(30)29(26(24)31)20-14-16(2)6-12-22(20)33-4/h5-14,28H,1-4H3. The third-order valence-corrected chi connectivity index (χ3v) is 5.41. The number of aryl methyl sites for hydroxylation is 2. The fraction of sp³-hybridized carbons (Fsp3) is 0.154. The summed E-state index contributed by atoms with van der Waals surface area (Å²) in [4.78, 5) is 28.4. The minimum Gasteiger partial charge on any atom is -0.495 e. The van der Waals surface area contributed by atoms with Crippen molar-refractivity contribution in [3.05, 3.63) is 88.9 Å². The van der Waals surface area contributed by atoms with Crippen molar-refractivity contribution in [3.63, 3.8) is 0 Å². The molecule has 4 rings (SSSR count). The first kappa shape index (κ1) is 22.1. The molecule has 1 aliphatic rings. The van der Waals surface area contributed by atoms with Gasteiger partial charge in [0.1, 0.15) is 23.0 Å². The summed E-state index contributed by atoms with van der Waals surface area (Å²) < 4.78 is 24.4. The van der Waals surface area contributed by atoms with Crippen molar-refractivity contribution >= 4 is 28.8 Å². The fourth-order valence-electron chi connectivity index (χ4n) is 3.78. The Kier molecular flexibility index (Phi) is 5.87. The van der Waals surface area contributed by atoms with Gasteiger partial charge in [-0.15, -0.1) is 0 Å². The van der Waals surface area contributed by atoms with Crippen LogP contribution in [0.4, 0.5) is 15.8 Å². The lowest BCUT2D eigenvalue weighted by molar-refractivity contribution is -0.120. The molecule has 168 valence electrons. The van der Waals surface area contributed by atoms with Crippen molar-refractivity contribution in [2.24, 2.45) is 0 Å². The molecule has 0 fully saturated rings. The lowest BCUT2D eigenvalue weighted by Crippen LogP contribution is -2.32. The maximum Gasteiger partial charge on any atom is 0.282 e. The van der Waals surface area contributed by atoms with E-state index in [4.69, 9.17) is 9.47 Å². The number of nitrogens with zero attached hydrogens (tertiary/aromatic N) is 1. The second-order valence-corrected chi connectivity index (χ2v) is 7.71. The molecule has 7 heteroatoms. The Hall–Kier alpha value is -4.13. The van der Waals surface area contributed by atoms with Gasteiger partial charge in [0.2, 0.25) is 0 Å². The molecule has 0 radical (unpaired) electrons. The van der Waals surface area contributed by atoms with Gasteiger partial charge >= 0.3 is 0 Å². The molecule has 33 heavy (non-hydrogen) atoms. The molecule has 1 N–H and O–H groups in total. The van der Waals surface area contributed by atoms with Crippen LogP contribution < -0.4 is 19.7 Å². The van der Waals surface area contributed by atoms with E-state index in [1.807, 2.05) is 32.0 Å². The summed E-state index contributed by atoms with van der Waals surface area (Å²) in [5.74, 6) is -0.631. The summed E-state index contributed by atoms with van der Waals surface area (Å²) in [6, 6.07) is 16.2. The van der Waals surface area contributed by atoms with Crippen molar-refractivity contribution in [1.29, 1.82) is 0 Å². The normalized spacial score (nSPS) is 13.5. The van der Waals surface area contributed by atoms with E-state index >= 15 is 0 Å². The highest BCUT2D eigenvalue weighted by Gasteiger charge is 2.41. The van der Waals surface area contributed by atoms with E-state index in [0.717, 1.165) is 16.0 Å². The van der Waals surface area contributed by atoms with Crippen molar-refractivity contribution in [1.82, 2.24) is 0 Å². The molecule has 1 heterocycles. The van der Waals surface area contributed by atoms with E-state index in [1.165, 1.54) is 38.5 Å². The molecular formula is C26H23FN2O4. The Morgan fingerprint density at radius 3 is 2.03 bits per heavy atom. The lowest BCUT2D eigenvalue weighted by Gasteiger charge is -2.19. The summed E-state index contributed by atoms with van der Waals surface area (Å²) in [6.45, 7) is 3.77. The quantitative estimate of drug-likeness (QED) is 0.548. The average molecular weight is 446 g/mol. The van der Waals surface area contributed by atoms with E-state index < -0.39 is 17.6 Å². The number of nitrogens with one attached hydrogen (secondary N) is 1. The Bertz CT molecular complexity index is 1280. The molecule has 6 nitrogen and oxygen atoms in total. The first-order chi connectivity index (χ1) is 15.8. The van der Waals surface area contributed by atoms with Crippen LogP contribution in [0.5, 0.6) is 11.5 Å². The Morgan fingerprint density at radius 1 is 0.788 bits per heavy atom. The van der Waals surface area contributed by atoms with Gasteiger partial charge in [-0.05, 0) is 66.9 Å². The van der Waals surface area contributed by atoms with Crippen LogP contribution in [0.15, 0.2) is 66.4 Å². The topological polar surface area (TPSA) is 67.9 Å². The molecule has 3 aromatic rings. The minimum atomic E-state index is -0.549. The van der Waals surface area contributed by atoms with E-state index in [1.54, 1.807) is 18.2 Å². The fourth-order valence-corrected chi connectivity index (χ4v) is 3.78. The maximum atomic E-state index is 13.6. The highest BCUT2D eigenvalue weighted by Crippen LogP contribution is 2.39. The smallest absolute Gasteiger partial charge is 0.282 e. The predicted octanol–water partition coefficient (Wildman–Crippen LogP) is 4.86. The second kappa shape index (κ2) is 8.78. The van der Waals surface area contributed by atoms with Crippen LogP contribution in [-0.4, -0.2) is 26.0 Å². The number of halogens is 1. The van der Waals surface area contributed by atoms with Crippen LogP contribution in [0.3, 0.4) is 0 Å². The van der Waals surface area contributed by atoms with Gasteiger partial charge < -0.3 is 14.8 Å². The lowest BCUT2D eigenvalue weighted by atomic mass is 10.0. The summed E-state index contributed by atoms with van der Waals surface area (Å²) in [6.07, 6.45) is 0. The molecule has 0 saturated carbocycles. The summed E-state index contributed by atoms with van der Waals surface area (Å²) in [7, 11) is 3.00. The maximum absolute atomic E-state index is 13.6. The van der Waals surface area contributed by atoms with E-state index in [9.17, 15) is 14.0 Å². The van der Waals surface area contributed by atoms with Gasteiger partial charge in [0.05, 0.1) is 31.2 Å². The van der Waals surface area contributed by atoms with Gasteiger partial charge in [-0.2, -0.15) is 0 Å². The highest BCUT2D eigenvalue weighted by molar-refractivity contribution is 6.46. The zero-order chi connectivity index (χ0) is 23.7. The second-order valence-electron chi connectivity index (χ2n) is 7.71. The number of anilines is 2. The predicted molar refractivity (Wildman–Crippen MR) is 125 cm³/mol. The third-order valence-electron chi connectivity index (χ3n) is 5.41. The number of hydrogen-bond acceptors (Lipinski definition) is 5. The number of rotatable bonds is 6. The number of ether oxygens (including phenoxy) is 2. The SMILES string of the molecule is COc1ccc(C)cc1NC1=C(c2ccc(F)cc2)C(=O)N(c2cc(C)ccc2OC)C1=O. The molecule has 0 spiro atoms. The van der Waals surface area contributed by atoms with Crippen LogP contribution in [0.25, 0.3) is 5.57 Å². The number of imide groups is 1.